The van der Waals surface area contributed by atoms with E-state index in [1.54, 1.807) is 0 Å². The molecule has 0 aromatic heterocycles. The molecule has 0 saturated heterocycles. The summed E-state index contributed by atoms with van der Waals surface area (Å²) in [5.41, 5.74) is 5.48. The van der Waals surface area contributed by atoms with Crippen molar-refractivity contribution < 1.29 is 0 Å². The number of hydrogen-bond donors (Lipinski definition) is 2. The van der Waals surface area contributed by atoms with Crippen molar-refractivity contribution >= 4 is 15.9 Å². The van der Waals surface area contributed by atoms with Crippen molar-refractivity contribution in [2.45, 2.75) is 39.7 Å². The molecule has 1 aromatic rings. The Balaban J connectivity index is 2.98. The minimum Gasteiger partial charge on any atom is -0.271 e. The van der Waals surface area contributed by atoms with E-state index in [1.807, 2.05) is 0 Å². The number of benzene rings is 1. The van der Waals surface area contributed by atoms with Gasteiger partial charge in [-0.2, -0.15) is 0 Å². The number of nitrogens with two attached hydrogens (primary N) is 1. The molecule has 0 amide bonds. The molecule has 0 saturated carbocycles. The Hall–Kier alpha value is -0.380. The van der Waals surface area contributed by atoms with Crippen LogP contribution in [0.4, 0.5) is 0 Å². The van der Waals surface area contributed by atoms with E-state index in [4.69, 9.17) is 5.84 Å². The minimum absolute atomic E-state index is 0.252. The van der Waals surface area contributed by atoms with E-state index in [2.05, 4.69) is 60.3 Å². The molecule has 1 aromatic carbocycles. The Labute approximate surface area is 107 Å². The van der Waals surface area contributed by atoms with Gasteiger partial charge in [0.15, 0.2) is 0 Å². The van der Waals surface area contributed by atoms with Crippen molar-refractivity contribution in [2.24, 2.45) is 11.8 Å². The van der Waals surface area contributed by atoms with Crippen LogP contribution in [0.25, 0.3) is 0 Å². The lowest BCUT2D eigenvalue weighted by atomic mass is 9.89. The molecule has 0 spiro atoms. The van der Waals surface area contributed by atoms with Crippen molar-refractivity contribution in [3.8, 4) is 0 Å². The molecule has 0 aliphatic rings. The number of rotatable bonds is 5. The molecule has 90 valence electrons. The zero-order valence-electron chi connectivity index (χ0n) is 10.3. The fourth-order valence-electron chi connectivity index (χ4n) is 2.13. The summed E-state index contributed by atoms with van der Waals surface area (Å²) in [6.07, 6.45) is 2.28. The van der Waals surface area contributed by atoms with E-state index in [9.17, 15) is 0 Å². The Bertz CT molecular complexity index is 335. The maximum atomic E-state index is 5.68. The van der Waals surface area contributed by atoms with Gasteiger partial charge in [0, 0.05) is 10.5 Å². The van der Waals surface area contributed by atoms with Gasteiger partial charge in [0.2, 0.25) is 0 Å². The summed E-state index contributed by atoms with van der Waals surface area (Å²) in [4.78, 5) is 0. The van der Waals surface area contributed by atoms with Crippen molar-refractivity contribution in [3.05, 3.63) is 33.8 Å². The summed E-state index contributed by atoms with van der Waals surface area (Å²) in [7, 11) is 0. The van der Waals surface area contributed by atoms with E-state index >= 15 is 0 Å². The topological polar surface area (TPSA) is 38.0 Å². The minimum atomic E-state index is 0.252. The van der Waals surface area contributed by atoms with Crippen LogP contribution in [0.1, 0.15) is 43.9 Å². The molecule has 16 heavy (non-hydrogen) atoms. The molecule has 0 aliphatic heterocycles. The van der Waals surface area contributed by atoms with Crippen molar-refractivity contribution in [1.29, 1.82) is 0 Å². The Kier molecular flexibility index (Phi) is 5.46. The summed E-state index contributed by atoms with van der Waals surface area (Å²) in [6, 6.07) is 6.69. The molecule has 0 radical (unpaired) electrons. The Morgan fingerprint density at radius 3 is 2.38 bits per heavy atom. The van der Waals surface area contributed by atoms with Crippen LogP contribution in [0.15, 0.2) is 22.7 Å². The third-order valence-electron chi connectivity index (χ3n) is 3.24. The van der Waals surface area contributed by atoms with Crippen LogP contribution in [0.2, 0.25) is 0 Å². The molecular formula is C13H21BrN2. The second-order valence-electron chi connectivity index (χ2n) is 4.23. The number of hydrogen-bond acceptors (Lipinski definition) is 2. The predicted octanol–water partition coefficient (Wildman–Crippen LogP) is 3.70. The van der Waals surface area contributed by atoms with Crippen LogP contribution in [-0.2, 0) is 0 Å². The highest BCUT2D eigenvalue weighted by atomic mass is 79.9. The fraction of sp³-hybridized carbons (Fsp3) is 0.538. The molecule has 1 atom stereocenters. The van der Waals surface area contributed by atoms with Gasteiger partial charge in [-0.1, -0.05) is 54.8 Å². The first-order valence-corrected chi connectivity index (χ1v) is 6.65. The van der Waals surface area contributed by atoms with E-state index in [0.717, 1.165) is 17.3 Å². The molecule has 1 rings (SSSR count). The van der Waals surface area contributed by atoms with Gasteiger partial charge in [-0.15, -0.1) is 0 Å². The zero-order chi connectivity index (χ0) is 12.1. The quantitative estimate of drug-likeness (QED) is 0.639. The molecule has 1 unspecified atom stereocenters. The van der Waals surface area contributed by atoms with Gasteiger partial charge in [0.1, 0.15) is 0 Å². The van der Waals surface area contributed by atoms with Gasteiger partial charge >= 0.3 is 0 Å². The summed E-state index contributed by atoms with van der Waals surface area (Å²) >= 11 is 3.52. The van der Waals surface area contributed by atoms with Crippen molar-refractivity contribution in [3.63, 3.8) is 0 Å². The van der Waals surface area contributed by atoms with Gasteiger partial charge in [0.25, 0.3) is 0 Å². The normalized spacial score (nSPS) is 13.1. The van der Waals surface area contributed by atoms with Crippen LogP contribution in [-0.4, -0.2) is 0 Å². The highest BCUT2D eigenvalue weighted by Gasteiger charge is 2.19. The SMILES string of the molecule is CCC(CC)C(NN)c1ccc(Br)c(C)c1. The standard InChI is InChI=1S/C13H21BrN2/c1-4-10(5-2)13(16-15)11-6-7-12(14)9(3)8-11/h6-8,10,13,16H,4-5,15H2,1-3H3. The highest BCUT2D eigenvalue weighted by molar-refractivity contribution is 9.10. The van der Waals surface area contributed by atoms with Gasteiger partial charge in [-0.25, -0.2) is 0 Å². The third kappa shape index (κ3) is 3.06. The zero-order valence-corrected chi connectivity index (χ0v) is 11.8. The van der Waals surface area contributed by atoms with Crippen LogP contribution in [0.5, 0.6) is 0 Å². The average molecular weight is 285 g/mol. The molecule has 0 heterocycles. The number of halogens is 1. The lowest BCUT2D eigenvalue weighted by Crippen LogP contribution is -2.33. The maximum Gasteiger partial charge on any atom is 0.0488 e. The second-order valence-corrected chi connectivity index (χ2v) is 5.08. The first-order chi connectivity index (χ1) is 7.63. The first kappa shape index (κ1) is 13.7. The fourth-order valence-corrected chi connectivity index (χ4v) is 2.37. The van der Waals surface area contributed by atoms with E-state index < -0.39 is 0 Å². The Morgan fingerprint density at radius 2 is 1.94 bits per heavy atom. The number of hydrazine groups is 1. The lowest BCUT2D eigenvalue weighted by Gasteiger charge is -2.25. The van der Waals surface area contributed by atoms with Crippen LogP contribution in [0.3, 0.4) is 0 Å². The van der Waals surface area contributed by atoms with E-state index in [1.165, 1.54) is 11.1 Å². The van der Waals surface area contributed by atoms with E-state index in [-0.39, 0.29) is 6.04 Å². The Morgan fingerprint density at radius 1 is 1.31 bits per heavy atom. The van der Waals surface area contributed by atoms with Gasteiger partial charge in [-0.3, -0.25) is 11.3 Å². The molecule has 2 nitrogen and oxygen atoms in total. The molecule has 0 bridgehead atoms. The van der Waals surface area contributed by atoms with Gasteiger partial charge in [0.05, 0.1) is 0 Å². The molecule has 0 aliphatic carbocycles. The monoisotopic (exact) mass is 284 g/mol. The first-order valence-electron chi connectivity index (χ1n) is 5.86. The van der Waals surface area contributed by atoms with Crippen molar-refractivity contribution in [2.75, 3.05) is 0 Å². The summed E-state index contributed by atoms with van der Waals surface area (Å²) < 4.78 is 1.15. The van der Waals surface area contributed by atoms with Crippen molar-refractivity contribution in [1.82, 2.24) is 5.43 Å². The smallest absolute Gasteiger partial charge is 0.0488 e. The number of nitrogens with one attached hydrogen (secondary N) is 1. The summed E-state index contributed by atoms with van der Waals surface area (Å²) in [6.45, 7) is 6.53. The van der Waals surface area contributed by atoms with Gasteiger partial charge in [-0.05, 0) is 30.0 Å². The molecule has 3 heteroatoms. The average Bonchev–Trinajstić information content (AvgIpc) is 2.29. The highest BCUT2D eigenvalue weighted by Crippen LogP contribution is 2.29. The maximum absolute atomic E-state index is 5.68. The summed E-state index contributed by atoms with van der Waals surface area (Å²) in [5, 5.41) is 0. The molecule has 3 N–H and O–H groups in total. The number of aryl methyl sites for hydroxylation is 1. The second kappa shape index (κ2) is 6.38. The lowest BCUT2D eigenvalue weighted by molar-refractivity contribution is 0.345. The van der Waals surface area contributed by atoms with Crippen LogP contribution >= 0.6 is 15.9 Å². The molecule has 0 fully saturated rings. The van der Waals surface area contributed by atoms with Gasteiger partial charge < -0.3 is 0 Å². The van der Waals surface area contributed by atoms with Crippen LogP contribution in [0, 0.1) is 12.8 Å². The van der Waals surface area contributed by atoms with Crippen LogP contribution < -0.4 is 11.3 Å². The predicted molar refractivity (Wildman–Crippen MR) is 73.0 cm³/mol. The third-order valence-corrected chi connectivity index (χ3v) is 4.13. The largest absolute Gasteiger partial charge is 0.271 e. The summed E-state index contributed by atoms with van der Waals surface area (Å²) in [5.74, 6) is 6.27. The molecular weight excluding hydrogens is 264 g/mol. The van der Waals surface area contributed by atoms with E-state index in [0.29, 0.717) is 5.92 Å².